The average Bonchev–Trinajstić information content (AvgIpc) is 3.04. The molecule has 9 heteroatoms. The summed E-state index contributed by atoms with van der Waals surface area (Å²) in [6, 6.07) is 5.51. The highest BCUT2D eigenvalue weighted by Gasteiger charge is 2.20. The van der Waals surface area contributed by atoms with E-state index in [-0.39, 0.29) is 29.2 Å². The van der Waals surface area contributed by atoms with Crippen molar-refractivity contribution in [1.82, 2.24) is 0 Å². The molecule has 1 aromatic carbocycles. The van der Waals surface area contributed by atoms with Crippen LogP contribution in [-0.2, 0) is 11.2 Å². The summed E-state index contributed by atoms with van der Waals surface area (Å²) in [6.07, 6.45) is 0.695. The second kappa shape index (κ2) is 9.31. The maximum atomic E-state index is 12.5. The number of rotatable bonds is 8. The Labute approximate surface area is 159 Å². The van der Waals surface area contributed by atoms with E-state index in [2.05, 4.69) is 10.1 Å². The van der Waals surface area contributed by atoms with Crippen LogP contribution in [0.15, 0.2) is 24.3 Å². The quantitative estimate of drug-likeness (QED) is 0.668. The molecule has 0 aliphatic heterocycles. The smallest absolute Gasteiger partial charge is 0.387 e. The molecule has 0 saturated heterocycles. The first-order valence-corrected chi connectivity index (χ1v) is 8.95. The Morgan fingerprint density at radius 1 is 1.19 bits per heavy atom. The van der Waals surface area contributed by atoms with Gasteiger partial charge in [-0.2, -0.15) is 8.78 Å². The van der Waals surface area contributed by atoms with Gasteiger partial charge in [0.1, 0.15) is 5.00 Å². The van der Waals surface area contributed by atoms with E-state index in [4.69, 9.17) is 9.47 Å². The predicted octanol–water partition coefficient (Wildman–Crippen LogP) is 4.35. The molecule has 0 aliphatic carbocycles. The Bertz CT molecular complexity index is 822. The fourth-order valence-electron chi connectivity index (χ4n) is 2.25. The van der Waals surface area contributed by atoms with E-state index in [1.807, 2.05) is 6.92 Å². The zero-order valence-corrected chi connectivity index (χ0v) is 15.8. The van der Waals surface area contributed by atoms with E-state index in [1.54, 1.807) is 13.0 Å². The summed E-state index contributed by atoms with van der Waals surface area (Å²) in [4.78, 5) is 25.5. The lowest BCUT2D eigenvalue weighted by molar-refractivity contribution is -0.0512. The van der Waals surface area contributed by atoms with Crippen molar-refractivity contribution in [2.24, 2.45) is 0 Å². The van der Waals surface area contributed by atoms with Gasteiger partial charge in [-0.15, -0.1) is 11.3 Å². The highest BCUT2D eigenvalue weighted by atomic mass is 32.1. The summed E-state index contributed by atoms with van der Waals surface area (Å²) in [7, 11) is 1.28. The van der Waals surface area contributed by atoms with Gasteiger partial charge in [0.15, 0.2) is 11.5 Å². The third kappa shape index (κ3) is 5.16. The van der Waals surface area contributed by atoms with Gasteiger partial charge in [0.25, 0.3) is 5.91 Å². The van der Waals surface area contributed by atoms with Gasteiger partial charge in [-0.25, -0.2) is 4.79 Å². The molecule has 0 spiro atoms. The summed E-state index contributed by atoms with van der Waals surface area (Å²) in [5.74, 6) is -1.23. The van der Waals surface area contributed by atoms with Crippen LogP contribution in [0.5, 0.6) is 11.5 Å². The standard InChI is InChI=1S/C18H19F2NO5S/c1-4-11-9-12(17(23)25-5-2)16(27-11)21-15(22)10-6-7-13(26-18(19)20)14(8-10)24-3/h6-9,18H,4-5H2,1-3H3,(H,21,22). The number of carbonyl (C=O) groups excluding carboxylic acids is 2. The minimum Gasteiger partial charge on any atom is -0.493 e. The van der Waals surface area contributed by atoms with E-state index in [0.29, 0.717) is 11.4 Å². The maximum absolute atomic E-state index is 12.5. The molecule has 0 aliphatic rings. The highest BCUT2D eigenvalue weighted by Crippen LogP contribution is 2.32. The molecule has 0 bridgehead atoms. The lowest BCUT2D eigenvalue weighted by Crippen LogP contribution is -2.14. The lowest BCUT2D eigenvalue weighted by Gasteiger charge is -2.11. The van der Waals surface area contributed by atoms with Crippen LogP contribution in [0.1, 0.15) is 39.4 Å². The monoisotopic (exact) mass is 399 g/mol. The van der Waals surface area contributed by atoms with Crippen LogP contribution in [0, 0.1) is 0 Å². The topological polar surface area (TPSA) is 73.9 Å². The zero-order valence-electron chi connectivity index (χ0n) is 15.0. The number of thiophene rings is 1. The van der Waals surface area contributed by atoms with Crippen LogP contribution in [0.4, 0.5) is 13.8 Å². The molecular formula is C18H19F2NO5S. The van der Waals surface area contributed by atoms with E-state index in [1.165, 1.54) is 36.6 Å². The Morgan fingerprint density at radius 2 is 1.93 bits per heavy atom. The Balaban J connectivity index is 2.27. The molecule has 0 radical (unpaired) electrons. The zero-order chi connectivity index (χ0) is 20.0. The summed E-state index contributed by atoms with van der Waals surface area (Å²) in [5.41, 5.74) is 0.436. The van der Waals surface area contributed by atoms with Gasteiger partial charge in [-0.05, 0) is 37.6 Å². The molecule has 1 aromatic heterocycles. The number of hydrogen-bond donors (Lipinski definition) is 1. The summed E-state index contributed by atoms with van der Waals surface area (Å²) in [5, 5.41) is 3.03. The van der Waals surface area contributed by atoms with Crippen LogP contribution in [0.3, 0.4) is 0 Å². The average molecular weight is 399 g/mol. The predicted molar refractivity (Wildman–Crippen MR) is 97.2 cm³/mol. The van der Waals surface area contributed by atoms with Gasteiger partial charge < -0.3 is 19.5 Å². The second-order valence-corrected chi connectivity index (χ2v) is 6.36. The van der Waals surface area contributed by atoms with Crippen LogP contribution in [0.2, 0.25) is 0 Å². The van der Waals surface area contributed by atoms with Crippen molar-refractivity contribution in [3.63, 3.8) is 0 Å². The number of amides is 1. The van der Waals surface area contributed by atoms with Crippen LogP contribution in [-0.4, -0.2) is 32.2 Å². The number of ether oxygens (including phenoxy) is 3. The van der Waals surface area contributed by atoms with Gasteiger partial charge in [-0.3, -0.25) is 4.79 Å². The van der Waals surface area contributed by atoms with Gasteiger partial charge in [0.2, 0.25) is 0 Å². The first-order valence-electron chi connectivity index (χ1n) is 8.13. The first-order chi connectivity index (χ1) is 12.9. The number of hydrogen-bond acceptors (Lipinski definition) is 6. The van der Waals surface area contributed by atoms with Crippen molar-refractivity contribution in [3.05, 3.63) is 40.3 Å². The number of anilines is 1. The van der Waals surface area contributed by atoms with Crippen molar-refractivity contribution < 1.29 is 32.6 Å². The molecule has 0 saturated carbocycles. The fourth-order valence-corrected chi connectivity index (χ4v) is 3.23. The lowest BCUT2D eigenvalue weighted by atomic mass is 10.2. The molecule has 146 valence electrons. The largest absolute Gasteiger partial charge is 0.493 e. The maximum Gasteiger partial charge on any atom is 0.387 e. The number of alkyl halides is 2. The fraction of sp³-hybridized carbons (Fsp3) is 0.333. The number of halogens is 2. The molecule has 0 atom stereocenters. The number of benzene rings is 1. The molecule has 1 heterocycles. The van der Waals surface area contributed by atoms with Gasteiger partial charge >= 0.3 is 12.6 Å². The molecule has 0 unspecified atom stereocenters. The third-order valence-corrected chi connectivity index (χ3v) is 4.69. The van der Waals surface area contributed by atoms with Crippen LogP contribution < -0.4 is 14.8 Å². The van der Waals surface area contributed by atoms with E-state index in [9.17, 15) is 18.4 Å². The first kappa shape index (κ1) is 20.6. The Hall–Kier alpha value is -2.68. The number of methoxy groups -OCH3 is 1. The van der Waals surface area contributed by atoms with Gasteiger partial charge in [-0.1, -0.05) is 6.92 Å². The summed E-state index contributed by atoms with van der Waals surface area (Å²) < 4.78 is 39.1. The van der Waals surface area contributed by atoms with Crippen LogP contribution in [0.25, 0.3) is 0 Å². The second-order valence-electron chi connectivity index (χ2n) is 5.23. The van der Waals surface area contributed by atoms with Gasteiger partial charge in [0.05, 0.1) is 19.3 Å². The van der Waals surface area contributed by atoms with Crippen molar-refractivity contribution in [1.29, 1.82) is 0 Å². The molecular weight excluding hydrogens is 380 g/mol. The Morgan fingerprint density at radius 3 is 2.52 bits per heavy atom. The molecule has 1 amide bonds. The SMILES string of the molecule is CCOC(=O)c1cc(CC)sc1NC(=O)c1ccc(OC(F)F)c(OC)c1. The van der Waals surface area contributed by atoms with Crippen molar-refractivity contribution in [2.75, 3.05) is 19.0 Å². The minimum absolute atomic E-state index is 0.00556. The number of esters is 1. The molecule has 2 aromatic rings. The molecule has 1 N–H and O–H groups in total. The van der Waals surface area contributed by atoms with Gasteiger partial charge in [0, 0.05) is 10.4 Å². The van der Waals surface area contributed by atoms with Crippen molar-refractivity contribution in [3.8, 4) is 11.5 Å². The summed E-state index contributed by atoms with van der Waals surface area (Å²) >= 11 is 1.27. The molecule has 27 heavy (non-hydrogen) atoms. The van der Waals surface area contributed by atoms with Crippen LogP contribution >= 0.6 is 11.3 Å². The Kier molecular flexibility index (Phi) is 7.12. The number of aryl methyl sites for hydroxylation is 1. The highest BCUT2D eigenvalue weighted by molar-refractivity contribution is 7.16. The molecule has 0 fully saturated rings. The summed E-state index contributed by atoms with van der Waals surface area (Å²) in [6.45, 7) is 0.827. The number of nitrogens with one attached hydrogen (secondary N) is 1. The van der Waals surface area contributed by atoms with E-state index in [0.717, 1.165) is 4.88 Å². The normalized spacial score (nSPS) is 10.6. The molecule has 6 nitrogen and oxygen atoms in total. The molecule has 2 rings (SSSR count). The number of carbonyl (C=O) groups is 2. The third-order valence-electron chi connectivity index (χ3n) is 3.50. The van der Waals surface area contributed by atoms with E-state index < -0.39 is 18.5 Å². The van der Waals surface area contributed by atoms with Crippen molar-refractivity contribution >= 4 is 28.2 Å². The van der Waals surface area contributed by atoms with E-state index >= 15 is 0 Å². The minimum atomic E-state index is -3.01. The van der Waals surface area contributed by atoms with Crippen molar-refractivity contribution in [2.45, 2.75) is 26.9 Å².